The van der Waals surface area contributed by atoms with Crippen molar-refractivity contribution in [2.75, 3.05) is 32.2 Å². The first-order valence-electron chi connectivity index (χ1n) is 6.08. The van der Waals surface area contributed by atoms with Crippen LogP contribution in [0, 0.1) is 5.41 Å². The van der Waals surface area contributed by atoms with Gasteiger partial charge in [-0.15, -0.1) is 0 Å². The number of amides is 1. The van der Waals surface area contributed by atoms with E-state index in [1.807, 2.05) is 6.92 Å². The number of ether oxygens (including phenoxy) is 1. The zero-order chi connectivity index (χ0) is 13.8. The molecule has 0 aromatic heterocycles. The van der Waals surface area contributed by atoms with Gasteiger partial charge in [-0.1, -0.05) is 0 Å². The smallest absolute Gasteiger partial charge is 0.306 e. The number of hydrogen-bond donors (Lipinski definition) is 0. The lowest BCUT2D eigenvalue weighted by molar-refractivity contribution is -0.141. The number of hydrogen-bond acceptors (Lipinski definition) is 4. The Balaban J connectivity index is 2.41. The molecule has 0 heterocycles. The number of nitrogens with zero attached hydrogens (tertiary/aromatic N) is 1. The zero-order valence-corrected chi connectivity index (χ0v) is 12.0. The predicted molar refractivity (Wildman–Crippen MR) is 69.5 cm³/mol. The van der Waals surface area contributed by atoms with Crippen molar-refractivity contribution in [2.45, 2.75) is 26.2 Å². The predicted octanol–water partition coefficient (Wildman–Crippen LogP) is 0.557. The average Bonchev–Trinajstić information content (AvgIpc) is 3.06. The summed E-state index contributed by atoms with van der Waals surface area (Å²) in [5.74, 6) is 0.102. The molecule has 104 valence electrons. The van der Waals surface area contributed by atoms with E-state index in [-0.39, 0.29) is 23.0 Å². The summed E-state index contributed by atoms with van der Waals surface area (Å²) >= 11 is 0. The first-order chi connectivity index (χ1) is 8.42. The van der Waals surface area contributed by atoms with Crippen LogP contribution in [0.3, 0.4) is 0 Å². The van der Waals surface area contributed by atoms with E-state index in [0.29, 0.717) is 18.7 Å². The van der Waals surface area contributed by atoms with E-state index < -0.39 is 10.8 Å². The number of rotatable bonds is 7. The molecule has 0 aliphatic heterocycles. The van der Waals surface area contributed by atoms with Crippen LogP contribution in [0.15, 0.2) is 0 Å². The van der Waals surface area contributed by atoms with E-state index in [1.54, 1.807) is 11.9 Å². The number of esters is 1. The second kappa shape index (κ2) is 6.31. The van der Waals surface area contributed by atoms with E-state index in [1.165, 1.54) is 7.11 Å². The number of methoxy groups -OCH3 is 1. The molecule has 1 atom stereocenters. The summed E-state index contributed by atoms with van der Waals surface area (Å²) in [6, 6.07) is 0. The Bertz CT molecular complexity index is 352. The van der Waals surface area contributed by atoms with Crippen molar-refractivity contribution in [3.63, 3.8) is 0 Å². The summed E-state index contributed by atoms with van der Waals surface area (Å²) in [6.07, 6.45) is 2.10. The van der Waals surface area contributed by atoms with Crippen LogP contribution in [0.25, 0.3) is 0 Å². The second-order valence-electron chi connectivity index (χ2n) is 4.89. The van der Waals surface area contributed by atoms with Crippen molar-refractivity contribution in [1.82, 2.24) is 4.90 Å². The van der Waals surface area contributed by atoms with Gasteiger partial charge in [0.25, 0.3) is 0 Å². The topological polar surface area (TPSA) is 63.7 Å². The standard InChI is InChI=1S/C12H21NO4S/c1-4-13(2)10(14)8-18(16)9-12(5-6-12)7-11(15)17-3/h4-9H2,1-3H3. The van der Waals surface area contributed by atoms with Gasteiger partial charge in [0, 0.05) is 30.1 Å². The van der Waals surface area contributed by atoms with Crippen LogP contribution >= 0.6 is 0 Å². The molecule has 18 heavy (non-hydrogen) atoms. The molecule has 1 unspecified atom stereocenters. The Morgan fingerprint density at radius 3 is 2.44 bits per heavy atom. The minimum absolute atomic E-state index is 0.0489. The van der Waals surface area contributed by atoms with Crippen molar-refractivity contribution in [1.29, 1.82) is 0 Å². The van der Waals surface area contributed by atoms with Gasteiger partial charge in [0.15, 0.2) is 0 Å². The zero-order valence-electron chi connectivity index (χ0n) is 11.2. The normalized spacial score (nSPS) is 17.9. The molecule has 0 aromatic rings. The molecule has 1 rings (SSSR count). The SMILES string of the molecule is CCN(C)C(=O)CS(=O)CC1(CC(=O)OC)CC1. The Morgan fingerprint density at radius 1 is 1.39 bits per heavy atom. The quantitative estimate of drug-likeness (QED) is 0.637. The highest BCUT2D eigenvalue weighted by Crippen LogP contribution is 2.49. The van der Waals surface area contributed by atoms with E-state index in [2.05, 4.69) is 4.74 Å². The van der Waals surface area contributed by atoms with Gasteiger partial charge < -0.3 is 9.64 Å². The molecule has 6 heteroatoms. The minimum atomic E-state index is -1.20. The van der Waals surface area contributed by atoms with Crippen molar-refractivity contribution in [3.05, 3.63) is 0 Å². The molecule has 1 aliphatic carbocycles. The van der Waals surface area contributed by atoms with Crippen molar-refractivity contribution in [3.8, 4) is 0 Å². The third-order valence-electron chi connectivity index (χ3n) is 3.36. The van der Waals surface area contributed by atoms with Crippen LogP contribution in [-0.2, 0) is 25.1 Å². The van der Waals surface area contributed by atoms with Gasteiger partial charge in [-0.3, -0.25) is 13.8 Å². The summed E-state index contributed by atoms with van der Waals surface area (Å²) in [5, 5.41) is 0. The van der Waals surface area contributed by atoms with Crippen LogP contribution in [0.1, 0.15) is 26.2 Å². The minimum Gasteiger partial charge on any atom is -0.469 e. The maximum absolute atomic E-state index is 11.9. The molecule has 0 bridgehead atoms. The Hall–Kier alpha value is -0.910. The Morgan fingerprint density at radius 2 is 2.00 bits per heavy atom. The molecule has 0 spiro atoms. The highest BCUT2D eigenvalue weighted by Gasteiger charge is 2.46. The summed E-state index contributed by atoms with van der Waals surface area (Å²) in [4.78, 5) is 24.4. The van der Waals surface area contributed by atoms with Crippen LogP contribution in [0.5, 0.6) is 0 Å². The van der Waals surface area contributed by atoms with Crippen LogP contribution in [0.4, 0.5) is 0 Å². The molecule has 0 saturated heterocycles. The number of carbonyl (C=O) groups is 2. The van der Waals surface area contributed by atoms with Gasteiger partial charge in [-0.25, -0.2) is 0 Å². The first-order valence-corrected chi connectivity index (χ1v) is 7.57. The lowest BCUT2D eigenvalue weighted by atomic mass is 10.1. The summed E-state index contributed by atoms with van der Waals surface area (Å²) in [5.41, 5.74) is -0.178. The lowest BCUT2D eigenvalue weighted by Crippen LogP contribution is -2.32. The van der Waals surface area contributed by atoms with E-state index >= 15 is 0 Å². The fourth-order valence-corrected chi connectivity index (χ4v) is 3.42. The molecule has 5 nitrogen and oxygen atoms in total. The highest BCUT2D eigenvalue weighted by atomic mass is 32.2. The van der Waals surface area contributed by atoms with Crippen LogP contribution < -0.4 is 0 Å². The van der Waals surface area contributed by atoms with E-state index in [4.69, 9.17) is 0 Å². The monoisotopic (exact) mass is 275 g/mol. The van der Waals surface area contributed by atoms with Crippen LogP contribution in [0.2, 0.25) is 0 Å². The number of carbonyl (C=O) groups excluding carboxylic acids is 2. The average molecular weight is 275 g/mol. The van der Waals surface area contributed by atoms with Gasteiger partial charge in [0.1, 0.15) is 5.75 Å². The maximum Gasteiger partial charge on any atom is 0.306 e. The molecule has 1 amide bonds. The fraction of sp³-hybridized carbons (Fsp3) is 0.833. The van der Waals surface area contributed by atoms with E-state index in [9.17, 15) is 13.8 Å². The molecule has 1 aliphatic rings. The maximum atomic E-state index is 11.9. The van der Waals surface area contributed by atoms with Gasteiger partial charge in [-0.2, -0.15) is 0 Å². The molecule has 1 fully saturated rings. The van der Waals surface area contributed by atoms with Crippen molar-refractivity contribution < 1.29 is 18.5 Å². The molecule has 0 aromatic carbocycles. The summed E-state index contributed by atoms with van der Waals surface area (Å²) < 4.78 is 16.5. The molecular formula is C12H21NO4S. The Labute approximate surface area is 110 Å². The Kier molecular flexibility index (Phi) is 5.31. The van der Waals surface area contributed by atoms with Gasteiger partial charge in [-0.05, 0) is 25.2 Å². The molecule has 0 N–H and O–H groups in total. The largest absolute Gasteiger partial charge is 0.469 e. The van der Waals surface area contributed by atoms with Gasteiger partial charge >= 0.3 is 5.97 Å². The highest BCUT2D eigenvalue weighted by molar-refractivity contribution is 7.85. The first kappa shape index (κ1) is 15.1. The van der Waals surface area contributed by atoms with Gasteiger partial charge in [0.05, 0.1) is 13.5 Å². The van der Waals surface area contributed by atoms with Crippen LogP contribution in [-0.4, -0.2) is 53.2 Å². The van der Waals surface area contributed by atoms with E-state index in [0.717, 1.165) is 12.8 Å². The van der Waals surface area contributed by atoms with Gasteiger partial charge in [0.2, 0.25) is 5.91 Å². The van der Waals surface area contributed by atoms with Crippen molar-refractivity contribution in [2.24, 2.45) is 5.41 Å². The molecular weight excluding hydrogens is 254 g/mol. The summed E-state index contributed by atoms with van der Waals surface area (Å²) in [6.45, 7) is 2.49. The fourth-order valence-electron chi connectivity index (χ4n) is 1.74. The molecule has 1 saturated carbocycles. The molecule has 0 radical (unpaired) electrons. The summed E-state index contributed by atoms with van der Waals surface area (Å²) in [7, 11) is 1.85. The second-order valence-corrected chi connectivity index (χ2v) is 6.35. The third kappa shape index (κ3) is 4.40. The van der Waals surface area contributed by atoms with Crippen molar-refractivity contribution >= 4 is 22.7 Å². The third-order valence-corrected chi connectivity index (χ3v) is 4.86. The lowest BCUT2D eigenvalue weighted by Gasteiger charge is -2.16.